The van der Waals surface area contributed by atoms with Crippen molar-refractivity contribution in [2.45, 2.75) is 76.3 Å². The Bertz CT molecular complexity index is 836. The predicted octanol–water partition coefficient (Wildman–Crippen LogP) is 6.53. The maximum Gasteiger partial charge on any atom is 0.124 e. The maximum absolute atomic E-state index is 10.3. The van der Waals surface area contributed by atoms with Crippen molar-refractivity contribution in [2.24, 2.45) is 21.8 Å². The van der Waals surface area contributed by atoms with E-state index < -0.39 is 0 Å². The largest absolute Gasteiger partial charge is 0.507 e. The lowest BCUT2D eigenvalue weighted by atomic mass is 9.74. The fraction of sp³-hybridized carbons (Fsp3) is 0.500. The molecule has 170 valence electrons. The number of phenols is 2. The molecule has 0 aliphatic heterocycles. The van der Waals surface area contributed by atoms with E-state index in [-0.39, 0.29) is 23.6 Å². The minimum Gasteiger partial charge on any atom is -0.507 e. The molecule has 2 atom stereocenters. The molecule has 2 aliphatic rings. The third-order valence-corrected chi connectivity index (χ3v) is 7.26. The molecule has 0 radical (unpaired) electrons. The van der Waals surface area contributed by atoms with Crippen LogP contribution in [-0.4, -0.2) is 34.7 Å². The average molecular weight is 433 g/mol. The molecule has 4 heteroatoms. The van der Waals surface area contributed by atoms with Crippen LogP contribution in [0.2, 0.25) is 0 Å². The summed E-state index contributed by atoms with van der Waals surface area (Å²) in [4.78, 5) is 10.3. The number of hydrogen-bond donors (Lipinski definition) is 2. The normalized spacial score (nSPS) is 20.6. The summed E-state index contributed by atoms with van der Waals surface area (Å²) in [5.41, 5.74) is 1.53. The Morgan fingerprint density at radius 2 is 0.969 bits per heavy atom. The first-order chi connectivity index (χ1) is 15.7. The highest BCUT2D eigenvalue weighted by Gasteiger charge is 2.35. The number of para-hydroxylation sites is 2. The summed E-state index contributed by atoms with van der Waals surface area (Å²) in [6.07, 6.45) is 16.1. The van der Waals surface area contributed by atoms with Gasteiger partial charge in [-0.15, -0.1) is 0 Å². The summed E-state index contributed by atoms with van der Waals surface area (Å²) >= 11 is 0. The molecule has 2 fully saturated rings. The highest BCUT2D eigenvalue weighted by Crippen LogP contribution is 2.37. The molecule has 0 aromatic heterocycles. The number of rotatable bonds is 7. The molecule has 0 amide bonds. The molecule has 0 saturated heterocycles. The second-order valence-electron chi connectivity index (χ2n) is 9.45. The predicted molar refractivity (Wildman–Crippen MR) is 132 cm³/mol. The van der Waals surface area contributed by atoms with Gasteiger partial charge >= 0.3 is 0 Å². The van der Waals surface area contributed by atoms with Gasteiger partial charge in [-0.2, -0.15) is 0 Å². The lowest BCUT2D eigenvalue weighted by molar-refractivity contribution is 0.214. The Balaban J connectivity index is 1.67. The second-order valence-corrected chi connectivity index (χ2v) is 9.45. The van der Waals surface area contributed by atoms with Gasteiger partial charge in [0.25, 0.3) is 0 Å². The molecule has 2 aromatic carbocycles. The number of hydrogen-bond acceptors (Lipinski definition) is 4. The Hall–Kier alpha value is -2.62. The fourth-order valence-electron chi connectivity index (χ4n) is 5.46. The van der Waals surface area contributed by atoms with Gasteiger partial charge in [-0.3, -0.25) is 9.98 Å². The van der Waals surface area contributed by atoms with Crippen LogP contribution >= 0.6 is 0 Å². The standard InChI is InChI=1S/C28H36N2O2/c31-25-17-9-7-15-23(25)19-29-27(21-11-3-1-4-12-21)28(22-13-5-2-6-14-22)30-20-24-16-8-10-18-26(24)32/h7-10,15-22,27-28,31-32H,1-6,11-14H2/t27-,28-/m0/s1. The van der Waals surface area contributed by atoms with E-state index in [4.69, 9.17) is 9.98 Å². The van der Waals surface area contributed by atoms with Gasteiger partial charge in [0.1, 0.15) is 11.5 Å². The SMILES string of the molecule is Oc1ccccc1C=N[C@@H](C1CCCCC1)[C@@H](N=Cc1ccccc1O)C1CCCCC1. The van der Waals surface area contributed by atoms with Crippen molar-refractivity contribution in [3.05, 3.63) is 59.7 Å². The number of nitrogens with zero attached hydrogens (tertiary/aromatic N) is 2. The highest BCUT2D eigenvalue weighted by atomic mass is 16.3. The Kier molecular flexibility index (Phi) is 7.97. The van der Waals surface area contributed by atoms with Gasteiger partial charge in [0.15, 0.2) is 0 Å². The Labute approximate surface area is 192 Å². The zero-order valence-electron chi connectivity index (χ0n) is 18.9. The van der Waals surface area contributed by atoms with Crippen LogP contribution in [0.25, 0.3) is 0 Å². The quantitative estimate of drug-likeness (QED) is 0.488. The van der Waals surface area contributed by atoms with Crippen molar-refractivity contribution in [2.75, 3.05) is 0 Å². The molecule has 0 unspecified atom stereocenters. The van der Waals surface area contributed by atoms with Crippen LogP contribution in [0.1, 0.15) is 75.3 Å². The monoisotopic (exact) mass is 432 g/mol. The van der Waals surface area contributed by atoms with Crippen molar-refractivity contribution in [3.8, 4) is 11.5 Å². The molecule has 4 rings (SSSR count). The van der Waals surface area contributed by atoms with Gasteiger partial charge in [0, 0.05) is 23.6 Å². The molecule has 0 heterocycles. The van der Waals surface area contributed by atoms with Crippen LogP contribution in [0, 0.1) is 11.8 Å². The van der Waals surface area contributed by atoms with E-state index in [1.807, 2.05) is 48.8 Å². The van der Waals surface area contributed by atoms with Crippen LogP contribution < -0.4 is 0 Å². The second kappa shape index (κ2) is 11.3. The first-order valence-electron chi connectivity index (χ1n) is 12.3. The number of benzene rings is 2. The van der Waals surface area contributed by atoms with E-state index in [1.165, 1.54) is 64.2 Å². The highest BCUT2D eigenvalue weighted by molar-refractivity contribution is 5.84. The van der Waals surface area contributed by atoms with E-state index in [2.05, 4.69) is 0 Å². The Morgan fingerprint density at radius 3 is 1.34 bits per heavy atom. The summed E-state index contributed by atoms with van der Waals surface area (Å²) in [7, 11) is 0. The van der Waals surface area contributed by atoms with E-state index in [1.54, 1.807) is 12.1 Å². The zero-order chi connectivity index (χ0) is 22.2. The Morgan fingerprint density at radius 1 is 0.594 bits per heavy atom. The minimum atomic E-state index is 0.0973. The summed E-state index contributed by atoms with van der Waals surface area (Å²) in [5.74, 6) is 1.56. The lowest BCUT2D eigenvalue weighted by Crippen LogP contribution is -2.38. The van der Waals surface area contributed by atoms with Crippen LogP contribution in [0.3, 0.4) is 0 Å². The third kappa shape index (κ3) is 5.79. The minimum absolute atomic E-state index is 0.0973. The smallest absolute Gasteiger partial charge is 0.124 e. The van der Waals surface area contributed by atoms with Crippen LogP contribution in [0.5, 0.6) is 11.5 Å². The van der Waals surface area contributed by atoms with Gasteiger partial charge in [-0.1, -0.05) is 62.8 Å². The molecule has 2 saturated carbocycles. The molecule has 0 bridgehead atoms. The summed E-state index contributed by atoms with van der Waals surface area (Å²) in [6.45, 7) is 0. The number of aliphatic imine (C=N–C) groups is 2. The van der Waals surface area contributed by atoms with Crippen molar-refractivity contribution < 1.29 is 10.2 Å². The van der Waals surface area contributed by atoms with Gasteiger partial charge in [-0.05, 0) is 61.8 Å². The molecule has 2 N–H and O–H groups in total. The van der Waals surface area contributed by atoms with E-state index in [0.29, 0.717) is 11.8 Å². The first kappa shape index (κ1) is 22.6. The molecular weight excluding hydrogens is 396 g/mol. The molecule has 2 aromatic rings. The van der Waals surface area contributed by atoms with E-state index in [9.17, 15) is 10.2 Å². The van der Waals surface area contributed by atoms with Gasteiger partial charge in [0.2, 0.25) is 0 Å². The number of aromatic hydroxyl groups is 2. The van der Waals surface area contributed by atoms with Crippen molar-refractivity contribution >= 4 is 12.4 Å². The average Bonchev–Trinajstić information content (AvgIpc) is 2.84. The molecule has 0 spiro atoms. The molecule has 2 aliphatic carbocycles. The molecule has 32 heavy (non-hydrogen) atoms. The van der Waals surface area contributed by atoms with Gasteiger partial charge < -0.3 is 10.2 Å². The summed E-state index contributed by atoms with van der Waals surface area (Å²) < 4.78 is 0. The maximum atomic E-state index is 10.3. The van der Waals surface area contributed by atoms with Gasteiger partial charge in [0.05, 0.1) is 12.1 Å². The topological polar surface area (TPSA) is 65.2 Å². The molecule has 4 nitrogen and oxygen atoms in total. The third-order valence-electron chi connectivity index (χ3n) is 7.26. The van der Waals surface area contributed by atoms with E-state index in [0.717, 1.165) is 11.1 Å². The zero-order valence-corrected chi connectivity index (χ0v) is 18.9. The summed E-state index contributed by atoms with van der Waals surface area (Å²) in [6, 6.07) is 15.0. The van der Waals surface area contributed by atoms with E-state index >= 15 is 0 Å². The van der Waals surface area contributed by atoms with Crippen LogP contribution in [0.4, 0.5) is 0 Å². The lowest BCUT2D eigenvalue weighted by Gasteiger charge is -2.37. The van der Waals surface area contributed by atoms with Crippen molar-refractivity contribution in [1.82, 2.24) is 0 Å². The van der Waals surface area contributed by atoms with Crippen LogP contribution in [-0.2, 0) is 0 Å². The fourth-order valence-corrected chi connectivity index (χ4v) is 5.46. The summed E-state index contributed by atoms with van der Waals surface area (Å²) in [5, 5.41) is 20.5. The van der Waals surface area contributed by atoms with Crippen molar-refractivity contribution in [3.63, 3.8) is 0 Å². The first-order valence-corrected chi connectivity index (χ1v) is 12.3. The van der Waals surface area contributed by atoms with Crippen molar-refractivity contribution in [1.29, 1.82) is 0 Å². The number of phenolic OH excluding ortho intramolecular Hbond substituents is 2. The van der Waals surface area contributed by atoms with Crippen LogP contribution in [0.15, 0.2) is 58.5 Å². The van der Waals surface area contributed by atoms with Gasteiger partial charge in [-0.25, -0.2) is 0 Å². The molecular formula is C28H36N2O2.